The van der Waals surface area contributed by atoms with Crippen LogP contribution in [0.5, 0.6) is 0 Å². The Hall–Kier alpha value is -1.97. The molecule has 0 atom stereocenters. The van der Waals surface area contributed by atoms with E-state index in [0.29, 0.717) is 5.01 Å². The molecular weight excluding hydrogens is 343 g/mol. The van der Waals surface area contributed by atoms with Crippen molar-refractivity contribution in [2.75, 3.05) is 5.32 Å². The van der Waals surface area contributed by atoms with Gasteiger partial charge < -0.3 is 0 Å². The molecule has 10 heteroatoms. The maximum absolute atomic E-state index is 13.4. The Labute approximate surface area is 141 Å². The predicted molar refractivity (Wildman–Crippen MR) is 84.2 cm³/mol. The van der Waals surface area contributed by atoms with Crippen molar-refractivity contribution in [2.24, 2.45) is 0 Å². The van der Waals surface area contributed by atoms with E-state index in [1.54, 1.807) is 20.8 Å². The molecule has 2 aromatic rings. The first-order valence-electron chi connectivity index (χ1n) is 7.21. The fourth-order valence-corrected chi connectivity index (χ4v) is 2.72. The fraction of sp³-hybridized carbons (Fsp3) is 0.571. The number of aromatic nitrogens is 4. The predicted octanol–water partition coefficient (Wildman–Crippen LogP) is 3.88. The number of nitrogens with one attached hydrogen (secondary N) is 1. The minimum Gasteiger partial charge on any atom is -0.296 e. The lowest BCUT2D eigenvalue weighted by molar-refractivity contribution is -0.146. The molecule has 0 saturated heterocycles. The smallest absolute Gasteiger partial charge is 0.296 e. The van der Waals surface area contributed by atoms with Crippen molar-refractivity contribution in [1.82, 2.24) is 20.0 Å². The molecule has 1 N–H and O–H groups in total. The summed E-state index contributed by atoms with van der Waals surface area (Å²) in [5.41, 5.74) is -2.54. The number of anilines is 1. The number of rotatable bonds is 3. The van der Waals surface area contributed by atoms with Gasteiger partial charge in [0, 0.05) is 5.92 Å². The molecule has 0 spiro atoms. The van der Waals surface area contributed by atoms with Gasteiger partial charge >= 0.3 is 6.18 Å². The van der Waals surface area contributed by atoms with E-state index in [4.69, 9.17) is 0 Å². The van der Waals surface area contributed by atoms with Gasteiger partial charge in [-0.3, -0.25) is 14.8 Å². The van der Waals surface area contributed by atoms with Crippen LogP contribution < -0.4 is 5.32 Å². The van der Waals surface area contributed by atoms with Crippen molar-refractivity contribution in [3.63, 3.8) is 0 Å². The maximum atomic E-state index is 13.4. The summed E-state index contributed by atoms with van der Waals surface area (Å²) in [6.07, 6.45) is -3.78. The van der Waals surface area contributed by atoms with Crippen LogP contribution in [-0.4, -0.2) is 25.9 Å². The molecule has 0 unspecified atom stereocenters. The molecule has 24 heavy (non-hydrogen) atoms. The standard InChI is InChI=1S/C14H18F3N5OS/c1-7(2)11-20-21-12(24-11)19-10(23)8-6-18-22(13(3,4)5)9(8)14(15,16)17/h6-7H,1-5H3,(H,19,21,23). The second kappa shape index (κ2) is 6.15. The number of amides is 1. The second-order valence-electron chi connectivity index (χ2n) is 6.54. The summed E-state index contributed by atoms with van der Waals surface area (Å²) >= 11 is 1.13. The number of hydrogen-bond donors (Lipinski definition) is 1. The zero-order valence-electron chi connectivity index (χ0n) is 13.9. The molecule has 0 radical (unpaired) electrons. The first-order valence-corrected chi connectivity index (χ1v) is 8.03. The molecule has 0 aliphatic rings. The SMILES string of the molecule is CC(C)c1nnc(NC(=O)c2cnn(C(C)(C)C)c2C(F)(F)F)s1. The van der Waals surface area contributed by atoms with Crippen molar-refractivity contribution in [1.29, 1.82) is 0 Å². The van der Waals surface area contributed by atoms with Gasteiger partial charge in [-0.25, -0.2) is 0 Å². The van der Waals surface area contributed by atoms with Gasteiger partial charge in [-0.2, -0.15) is 18.3 Å². The average molecular weight is 361 g/mol. The van der Waals surface area contributed by atoms with Crippen molar-refractivity contribution < 1.29 is 18.0 Å². The van der Waals surface area contributed by atoms with Crippen LogP contribution in [0.1, 0.15) is 61.6 Å². The number of alkyl halides is 3. The number of halogens is 3. The van der Waals surface area contributed by atoms with Gasteiger partial charge in [0.15, 0.2) is 5.69 Å². The summed E-state index contributed by atoms with van der Waals surface area (Å²) in [5, 5.41) is 14.6. The Morgan fingerprint density at radius 1 is 1.25 bits per heavy atom. The largest absolute Gasteiger partial charge is 0.433 e. The Morgan fingerprint density at radius 2 is 1.88 bits per heavy atom. The van der Waals surface area contributed by atoms with Crippen LogP contribution in [0.15, 0.2) is 6.20 Å². The van der Waals surface area contributed by atoms with Gasteiger partial charge in [0.25, 0.3) is 5.91 Å². The van der Waals surface area contributed by atoms with Crippen LogP contribution in [0.2, 0.25) is 0 Å². The van der Waals surface area contributed by atoms with E-state index in [-0.39, 0.29) is 11.0 Å². The third kappa shape index (κ3) is 3.74. The number of hydrogen-bond acceptors (Lipinski definition) is 5. The highest BCUT2D eigenvalue weighted by Crippen LogP contribution is 2.35. The van der Waals surface area contributed by atoms with Crippen molar-refractivity contribution in [2.45, 2.75) is 52.3 Å². The molecule has 0 aliphatic heterocycles. The van der Waals surface area contributed by atoms with Gasteiger partial charge in [-0.15, -0.1) is 10.2 Å². The van der Waals surface area contributed by atoms with Crippen LogP contribution >= 0.6 is 11.3 Å². The maximum Gasteiger partial charge on any atom is 0.433 e. The molecule has 0 bridgehead atoms. The summed E-state index contributed by atoms with van der Waals surface area (Å²) in [7, 11) is 0. The highest BCUT2D eigenvalue weighted by atomic mass is 32.1. The van der Waals surface area contributed by atoms with Crippen LogP contribution in [0, 0.1) is 0 Å². The third-order valence-electron chi connectivity index (χ3n) is 3.07. The summed E-state index contributed by atoms with van der Waals surface area (Å²) in [6, 6.07) is 0. The number of nitrogens with zero attached hydrogens (tertiary/aromatic N) is 4. The van der Waals surface area contributed by atoms with Crippen LogP contribution in [0.3, 0.4) is 0 Å². The van der Waals surface area contributed by atoms with E-state index in [2.05, 4.69) is 20.6 Å². The lowest BCUT2D eigenvalue weighted by Crippen LogP contribution is -2.30. The van der Waals surface area contributed by atoms with Gasteiger partial charge in [-0.05, 0) is 20.8 Å². The van der Waals surface area contributed by atoms with Gasteiger partial charge in [0.2, 0.25) is 5.13 Å². The highest BCUT2D eigenvalue weighted by molar-refractivity contribution is 7.15. The summed E-state index contributed by atoms with van der Waals surface area (Å²) < 4.78 is 41.1. The van der Waals surface area contributed by atoms with E-state index in [9.17, 15) is 18.0 Å². The highest BCUT2D eigenvalue weighted by Gasteiger charge is 2.42. The van der Waals surface area contributed by atoms with Crippen molar-refractivity contribution >= 4 is 22.4 Å². The monoisotopic (exact) mass is 361 g/mol. The summed E-state index contributed by atoms with van der Waals surface area (Å²) in [4.78, 5) is 12.3. The zero-order valence-corrected chi connectivity index (χ0v) is 14.7. The van der Waals surface area contributed by atoms with Gasteiger partial charge in [-0.1, -0.05) is 25.2 Å². The molecule has 0 aliphatic carbocycles. The molecule has 2 heterocycles. The Bertz CT molecular complexity index is 742. The van der Waals surface area contributed by atoms with Crippen LogP contribution in [0.25, 0.3) is 0 Å². The van der Waals surface area contributed by atoms with E-state index in [1.165, 1.54) is 0 Å². The summed E-state index contributed by atoms with van der Waals surface area (Å²) in [6.45, 7) is 8.55. The normalized spacial score (nSPS) is 12.7. The van der Waals surface area contributed by atoms with E-state index < -0.39 is 28.9 Å². The van der Waals surface area contributed by atoms with Gasteiger partial charge in [0.1, 0.15) is 5.01 Å². The average Bonchev–Trinajstić information content (AvgIpc) is 3.02. The summed E-state index contributed by atoms with van der Waals surface area (Å²) in [5.74, 6) is -0.799. The Balaban J connectivity index is 2.37. The van der Waals surface area contributed by atoms with Gasteiger partial charge in [0.05, 0.1) is 17.3 Å². The first-order chi connectivity index (χ1) is 10.9. The van der Waals surface area contributed by atoms with Crippen molar-refractivity contribution in [3.05, 3.63) is 22.5 Å². The Kier molecular flexibility index (Phi) is 4.71. The molecule has 0 aromatic carbocycles. The lowest BCUT2D eigenvalue weighted by atomic mass is 10.1. The fourth-order valence-electron chi connectivity index (χ4n) is 1.98. The minimum atomic E-state index is -4.71. The van der Waals surface area contributed by atoms with E-state index in [0.717, 1.165) is 22.2 Å². The molecule has 1 amide bonds. The zero-order chi connectivity index (χ0) is 18.3. The molecule has 2 aromatic heterocycles. The quantitative estimate of drug-likeness (QED) is 0.900. The van der Waals surface area contributed by atoms with E-state index >= 15 is 0 Å². The number of carbonyl (C=O) groups is 1. The molecule has 2 rings (SSSR count). The molecular formula is C14H18F3N5OS. The molecule has 132 valence electrons. The van der Waals surface area contributed by atoms with Crippen molar-refractivity contribution in [3.8, 4) is 0 Å². The van der Waals surface area contributed by atoms with Crippen LogP contribution in [-0.2, 0) is 11.7 Å². The second-order valence-corrected chi connectivity index (χ2v) is 7.55. The lowest BCUT2D eigenvalue weighted by Gasteiger charge is -2.23. The minimum absolute atomic E-state index is 0.113. The third-order valence-corrected chi connectivity index (χ3v) is 4.21. The molecule has 0 saturated carbocycles. The van der Waals surface area contributed by atoms with E-state index in [1.807, 2.05) is 13.8 Å². The topological polar surface area (TPSA) is 72.7 Å². The van der Waals surface area contributed by atoms with Crippen LogP contribution in [0.4, 0.5) is 18.3 Å². The number of carbonyl (C=O) groups excluding carboxylic acids is 1. The first kappa shape index (κ1) is 18.4. The Morgan fingerprint density at radius 3 is 2.33 bits per heavy atom. The molecule has 0 fully saturated rings. The molecule has 6 nitrogen and oxygen atoms in total.